The highest BCUT2D eigenvalue weighted by atomic mass is 32.2. The van der Waals surface area contributed by atoms with Gasteiger partial charge in [0.15, 0.2) is 5.16 Å². The number of esters is 1. The number of aromatic amines is 1. The SMILES string of the molecule is CCOC(=O)c1c(NC(=O)CSc2nc3sc4c(c3c(=O)[nH]2)CCCC4)sc2c1CCCCC2. The number of nitrogens with one attached hydrogen (secondary N) is 2. The zero-order valence-electron chi connectivity index (χ0n) is 19.1. The zero-order chi connectivity index (χ0) is 23.7. The molecule has 2 N–H and O–H groups in total. The van der Waals surface area contributed by atoms with Gasteiger partial charge in [0.05, 0.1) is 23.3 Å². The van der Waals surface area contributed by atoms with Gasteiger partial charge in [-0.2, -0.15) is 0 Å². The summed E-state index contributed by atoms with van der Waals surface area (Å²) in [6.07, 6.45) is 9.23. The number of aryl methyl sites for hydroxylation is 3. The van der Waals surface area contributed by atoms with Crippen LogP contribution >= 0.6 is 34.4 Å². The summed E-state index contributed by atoms with van der Waals surface area (Å²) in [5.74, 6) is -0.521. The summed E-state index contributed by atoms with van der Waals surface area (Å²) in [5.41, 5.74) is 2.57. The normalized spacial score (nSPS) is 15.4. The molecule has 0 radical (unpaired) electrons. The van der Waals surface area contributed by atoms with Gasteiger partial charge in [0.1, 0.15) is 9.83 Å². The summed E-state index contributed by atoms with van der Waals surface area (Å²) >= 11 is 4.28. The van der Waals surface area contributed by atoms with Crippen molar-refractivity contribution in [2.45, 2.75) is 69.9 Å². The van der Waals surface area contributed by atoms with Gasteiger partial charge in [0.25, 0.3) is 5.56 Å². The van der Waals surface area contributed by atoms with E-state index in [0.717, 1.165) is 73.7 Å². The maximum Gasteiger partial charge on any atom is 0.341 e. The minimum atomic E-state index is -0.372. The number of nitrogens with zero attached hydrogens (tertiary/aromatic N) is 1. The number of carbonyl (C=O) groups excluding carboxylic acids is 2. The summed E-state index contributed by atoms with van der Waals surface area (Å²) in [6.45, 7) is 2.08. The van der Waals surface area contributed by atoms with Crippen molar-refractivity contribution in [3.05, 3.63) is 36.8 Å². The van der Waals surface area contributed by atoms with Crippen molar-refractivity contribution < 1.29 is 14.3 Å². The first-order valence-electron chi connectivity index (χ1n) is 11.8. The van der Waals surface area contributed by atoms with E-state index in [1.165, 1.54) is 32.9 Å². The van der Waals surface area contributed by atoms with Crippen LogP contribution in [0.2, 0.25) is 0 Å². The Hall–Kier alpha value is -2.17. The largest absolute Gasteiger partial charge is 0.462 e. The second-order valence-electron chi connectivity index (χ2n) is 8.59. The molecule has 0 saturated heterocycles. The molecule has 7 nitrogen and oxygen atoms in total. The summed E-state index contributed by atoms with van der Waals surface area (Å²) in [5, 5.41) is 4.66. The van der Waals surface area contributed by atoms with Gasteiger partial charge in [0.2, 0.25) is 5.91 Å². The quantitative estimate of drug-likeness (QED) is 0.204. The van der Waals surface area contributed by atoms with Gasteiger partial charge in [0, 0.05) is 9.75 Å². The van der Waals surface area contributed by atoms with Crippen molar-refractivity contribution in [1.82, 2.24) is 9.97 Å². The van der Waals surface area contributed by atoms with Gasteiger partial charge in [-0.25, -0.2) is 9.78 Å². The Morgan fingerprint density at radius 3 is 2.56 bits per heavy atom. The predicted molar refractivity (Wildman–Crippen MR) is 138 cm³/mol. The van der Waals surface area contributed by atoms with Crippen LogP contribution in [0.25, 0.3) is 10.2 Å². The molecular formula is C24H27N3O4S3. The van der Waals surface area contributed by atoms with Crippen LogP contribution in [0.4, 0.5) is 5.00 Å². The standard InChI is InChI=1S/C24H27N3O4S3/c1-2-31-23(30)19-14-8-4-3-5-10-16(14)34-22(19)25-17(28)12-32-24-26-20(29)18-13-9-6-7-11-15(13)33-21(18)27-24/h2-12H2,1H3,(H,25,28)(H,26,27,29). The fourth-order valence-corrected chi connectivity index (χ4v) is 8.03. The Morgan fingerprint density at radius 1 is 1.03 bits per heavy atom. The molecule has 3 aromatic heterocycles. The number of hydrogen-bond donors (Lipinski definition) is 2. The fraction of sp³-hybridized carbons (Fsp3) is 0.500. The molecule has 0 saturated carbocycles. The second-order valence-corrected chi connectivity index (χ2v) is 11.7. The van der Waals surface area contributed by atoms with Crippen LogP contribution in [0.5, 0.6) is 0 Å². The van der Waals surface area contributed by atoms with Gasteiger partial charge in [-0.3, -0.25) is 9.59 Å². The first-order valence-corrected chi connectivity index (χ1v) is 14.5. The number of hydrogen-bond acceptors (Lipinski definition) is 8. The number of thiophene rings is 2. The molecule has 2 aliphatic carbocycles. The molecule has 0 atom stereocenters. The summed E-state index contributed by atoms with van der Waals surface area (Å²) < 4.78 is 5.30. The lowest BCUT2D eigenvalue weighted by Crippen LogP contribution is -2.17. The van der Waals surface area contributed by atoms with E-state index < -0.39 is 0 Å². The van der Waals surface area contributed by atoms with Crippen molar-refractivity contribution in [3.63, 3.8) is 0 Å². The number of aromatic nitrogens is 2. The maximum atomic E-state index is 12.8. The van der Waals surface area contributed by atoms with Crippen LogP contribution < -0.4 is 10.9 Å². The molecule has 2 aliphatic rings. The lowest BCUT2D eigenvalue weighted by molar-refractivity contribution is -0.113. The van der Waals surface area contributed by atoms with Crippen LogP contribution in [0, 0.1) is 0 Å². The third-order valence-corrected chi connectivity index (χ3v) is 9.56. The van der Waals surface area contributed by atoms with Crippen LogP contribution in [0.1, 0.15) is 70.3 Å². The molecule has 0 fully saturated rings. The number of anilines is 1. The number of H-pyrrole nitrogens is 1. The van der Waals surface area contributed by atoms with Crippen LogP contribution in [0.3, 0.4) is 0 Å². The molecule has 0 unspecified atom stereocenters. The predicted octanol–water partition coefficient (Wildman–Crippen LogP) is 5.10. The minimum Gasteiger partial charge on any atom is -0.462 e. The Morgan fingerprint density at radius 2 is 1.74 bits per heavy atom. The molecule has 0 aromatic carbocycles. The Labute approximate surface area is 209 Å². The van der Waals surface area contributed by atoms with E-state index in [-0.39, 0.29) is 23.2 Å². The molecular weight excluding hydrogens is 490 g/mol. The summed E-state index contributed by atoms with van der Waals surface area (Å²) in [6, 6.07) is 0. The molecule has 3 heterocycles. The van der Waals surface area contributed by atoms with Crippen molar-refractivity contribution >= 4 is 61.5 Å². The highest BCUT2D eigenvalue weighted by Gasteiger charge is 2.27. The van der Waals surface area contributed by atoms with E-state index in [9.17, 15) is 14.4 Å². The van der Waals surface area contributed by atoms with Gasteiger partial charge < -0.3 is 15.0 Å². The lowest BCUT2D eigenvalue weighted by atomic mass is 9.97. The monoisotopic (exact) mass is 517 g/mol. The first-order chi connectivity index (χ1) is 16.5. The van der Waals surface area contributed by atoms with Crippen molar-refractivity contribution in [3.8, 4) is 0 Å². The topological polar surface area (TPSA) is 101 Å². The average Bonchev–Trinajstić information content (AvgIpc) is 3.27. The molecule has 0 spiro atoms. The molecule has 3 aromatic rings. The molecule has 10 heteroatoms. The maximum absolute atomic E-state index is 12.8. The van der Waals surface area contributed by atoms with Crippen molar-refractivity contribution in [2.75, 3.05) is 17.7 Å². The van der Waals surface area contributed by atoms with Gasteiger partial charge >= 0.3 is 5.97 Å². The highest BCUT2D eigenvalue weighted by Crippen LogP contribution is 2.38. The van der Waals surface area contributed by atoms with E-state index >= 15 is 0 Å². The Balaban J connectivity index is 1.32. The molecule has 5 rings (SSSR count). The Kier molecular flexibility index (Phi) is 7.08. The minimum absolute atomic E-state index is 0.0877. The number of amides is 1. The third kappa shape index (κ3) is 4.67. The molecule has 1 amide bonds. The first kappa shape index (κ1) is 23.6. The van der Waals surface area contributed by atoms with Crippen molar-refractivity contribution in [1.29, 1.82) is 0 Å². The fourth-order valence-electron chi connectivity index (χ4n) is 4.76. The molecule has 0 bridgehead atoms. The number of ether oxygens (including phenoxy) is 1. The Bertz CT molecular complexity index is 1310. The summed E-state index contributed by atoms with van der Waals surface area (Å²) in [7, 11) is 0. The zero-order valence-corrected chi connectivity index (χ0v) is 21.5. The molecule has 34 heavy (non-hydrogen) atoms. The van der Waals surface area contributed by atoms with Crippen LogP contribution in [0.15, 0.2) is 9.95 Å². The van der Waals surface area contributed by atoms with E-state index in [1.54, 1.807) is 18.3 Å². The number of carbonyl (C=O) groups is 2. The van der Waals surface area contributed by atoms with Crippen molar-refractivity contribution in [2.24, 2.45) is 0 Å². The van der Waals surface area contributed by atoms with E-state index in [0.29, 0.717) is 27.7 Å². The van der Waals surface area contributed by atoms with E-state index in [2.05, 4.69) is 15.3 Å². The van der Waals surface area contributed by atoms with E-state index in [1.807, 2.05) is 0 Å². The second kappa shape index (κ2) is 10.2. The van der Waals surface area contributed by atoms with Gasteiger partial charge in [-0.1, -0.05) is 18.2 Å². The van der Waals surface area contributed by atoms with Gasteiger partial charge in [-0.15, -0.1) is 22.7 Å². The average molecular weight is 518 g/mol. The highest BCUT2D eigenvalue weighted by molar-refractivity contribution is 7.99. The smallest absolute Gasteiger partial charge is 0.341 e. The van der Waals surface area contributed by atoms with Gasteiger partial charge in [-0.05, 0) is 69.4 Å². The molecule has 0 aliphatic heterocycles. The molecule has 180 valence electrons. The summed E-state index contributed by atoms with van der Waals surface area (Å²) in [4.78, 5) is 48.9. The lowest BCUT2D eigenvalue weighted by Gasteiger charge is -2.09. The third-order valence-electron chi connectivity index (χ3n) is 6.30. The number of fused-ring (bicyclic) bond motifs is 4. The van der Waals surface area contributed by atoms with E-state index in [4.69, 9.17) is 4.74 Å². The van der Waals surface area contributed by atoms with Crippen LogP contribution in [-0.4, -0.2) is 34.2 Å². The number of rotatable bonds is 6. The van der Waals surface area contributed by atoms with Crippen LogP contribution in [-0.2, 0) is 35.2 Å². The number of thioether (sulfide) groups is 1.